The third kappa shape index (κ3) is 2.10. The van der Waals surface area contributed by atoms with Crippen molar-refractivity contribution in [3.05, 3.63) is 51.0 Å². The summed E-state index contributed by atoms with van der Waals surface area (Å²) in [5, 5.41) is 1.07. The molecule has 18 heavy (non-hydrogen) atoms. The number of ketones is 1. The number of aromatic nitrogens is 1. The van der Waals surface area contributed by atoms with Gasteiger partial charge in [-0.25, -0.2) is 4.98 Å². The van der Waals surface area contributed by atoms with E-state index in [1.165, 1.54) is 16.0 Å². The zero-order valence-electron chi connectivity index (χ0n) is 10.4. The maximum atomic E-state index is 11.8. The van der Waals surface area contributed by atoms with E-state index in [-0.39, 0.29) is 5.78 Å². The van der Waals surface area contributed by atoms with Crippen molar-refractivity contribution >= 4 is 17.1 Å². The number of Topliss-reactive ketones (excluding diaryl/α,β-unsaturated/α-hetero) is 1. The predicted octanol–water partition coefficient (Wildman–Crippen LogP) is 3.56. The van der Waals surface area contributed by atoms with E-state index in [1.54, 1.807) is 11.3 Å². The average molecular weight is 257 g/mol. The highest BCUT2D eigenvalue weighted by molar-refractivity contribution is 7.12. The first-order valence-electron chi connectivity index (χ1n) is 6.30. The zero-order chi connectivity index (χ0) is 12.5. The number of aryl methyl sites for hydroxylation is 2. The molecule has 1 aliphatic rings. The minimum absolute atomic E-state index is 0.225. The standard InChI is InChI=1S/C15H15NOS/c1-10-5-2-3-6-11(10)9-14-16-15-12(17)7-4-8-13(15)18-14/h2-3,5-6H,4,7-9H2,1H3. The van der Waals surface area contributed by atoms with Crippen molar-refractivity contribution in [1.29, 1.82) is 0 Å². The lowest BCUT2D eigenvalue weighted by atomic mass is 10.0. The van der Waals surface area contributed by atoms with Crippen molar-refractivity contribution in [1.82, 2.24) is 4.98 Å². The molecule has 3 heteroatoms. The van der Waals surface area contributed by atoms with Gasteiger partial charge >= 0.3 is 0 Å². The largest absolute Gasteiger partial charge is 0.292 e. The van der Waals surface area contributed by atoms with Crippen LogP contribution in [0.3, 0.4) is 0 Å². The number of hydrogen-bond donors (Lipinski definition) is 0. The van der Waals surface area contributed by atoms with Gasteiger partial charge in [0.25, 0.3) is 0 Å². The van der Waals surface area contributed by atoms with E-state index in [0.29, 0.717) is 6.42 Å². The lowest BCUT2D eigenvalue weighted by molar-refractivity contribution is 0.0968. The topological polar surface area (TPSA) is 30.0 Å². The van der Waals surface area contributed by atoms with Gasteiger partial charge in [-0.3, -0.25) is 4.79 Å². The van der Waals surface area contributed by atoms with Gasteiger partial charge in [0.1, 0.15) is 5.69 Å². The van der Waals surface area contributed by atoms with Crippen LogP contribution in [0.4, 0.5) is 0 Å². The summed E-state index contributed by atoms with van der Waals surface area (Å²) < 4.78 is 0. The Kier molecular flexibility index (Phi) is 3.00. The molecule has 0 atom stereocenters. The number of carbonyl (C=O) groups is 1. The van der Waals surface area contributed by atoms with Gasteiger partial charge < -0.3 is 0 Å². The van der Waals surface area contributed by atoms with E-state index in [2.05, 4.69) is 36.2 Å². The van der Waals surface area contributed by atoms with Gasteiger partial charge in [0.2, 0.25) is 0 Å². The molecular formula is C15H15NOS. The van der Waals surface area contributed by atoms with E-state index in [9.17, 15) is 4.79 Å². The molecule has 1 aromatic heterocycles. The van der Waals surface area contributed by atoms with Crippen LogP contribution < -0.4 is 0 Å². The van der Waals surface area contributed by atoms with Crippen LogP contribution in [-0.2, 0) is 12.8 Å². The molecule has 0 spiro atoms. The molecule has 0 saturated carbocycles. The molecule has 3 rings (SSSR count). The van der Waals surface area contributed by atoms with Crippen molar-refractivity contribution in [3.8, 4) is 0 Å². The smallest absolute Gasteiger partial charge is 0.182 e. The maximum absolute atomic E-state index is 11.8. The van der Waals surface area contributed by atoms with Gasteiger partial charge in [-0.15, -0.1) is 11.3 Å². The highest BCUT2D eigenvalue weighted by atomic mass is 32.1. The third-order valence-electron chi connectivity index (χ3n) is 3.42. The molecule has 0 aliphatic heterocycles. The van der Waals surface area contributed by atoms with Crippen LogP contribution in [0.15, 0.2) is 24.3 Å². The Labute approximate surface area is 111 Å². The monoisotopic (exact) mass is 257 g/mol. The van der Waals surface area contributed by atoms with Crippen molar-refractivity contribution in [2.45, 2.75) is 32.6 Å². The lowest BCUT2D eigenvalue weighted by Crippen LogP contribution is -2.08. The highest BCUT2D eigenvalue weighted by Gasteiger charge is 2.22. The van der Waals surface area contributed by atoms with E-state index in [4.69, 9.17) is 0 Å². The first-order valence-corrected chi connectivity index (χ1v) is 7.12. The number of thiazole rings is 1. The second-order valence-electron chi connectivity index (χ2n) is 4.76. The molecule has 1 aliphatic carbocycles. The Bertz CT molecular complexity index is 600. The molecule has 0 unspecified atom stereocenters. The molecule has 0 bridgehead atoms. The first-order chi connectivity index (χ1) is 8.74. The molecule has 0 saturated heterocycles. The van der Waals surface area contributed by atoms with Crippen LogP contribution >= 0.6 is 11.3 Å². The number of carbonyl (C=O) groups excluding carboxylic acids is 1. The van der Waals surface area contributed by atoms with Crippen molar-refractivity contribution in [2.24, 2.45) is 0 Å². The second kappa shape index (κ2) is 4.65. The van der Waals surface area contributed by atoms with Crippen LogP contribution in [0.1, 0.15) is 44.3 Å². The van der Waals surface area contributed by atoms with E-state index < -0.39 is 0 Å². The summed E-state index contributed by atoms with van der Waals surface area (Å²) in [4.78, 5) is 17.5. The fraction of sp³-hybridized carbons (Fsp3) is 0.333. The number of benzene rings is 1. The second-order valence-corrected chi connectivity index (χ2v) is 5.93. The first kappa shape index (κ1) is 11.6. The summed E-state index contributed by atoms with van der Waals surface area (Å²) in [5.41, 5.74) is 3.34. The minimum Gasteiger partial charge on any atom is -0.292 e. The molecule has 0 fully saturated rings. The average Bonchev–Trinajstić information content (AvgIpc) is 2.76. The summed E-state index contributed by atoms with van der Waals surface area (Å²) >= 11 is 1.71. The van der Waals surface area contributed by atoms with Crippen LogP contribution in [0.25, 0.3) is 0 Å². The van der Waals surface area contributed by atoms with Gasteiger partial charge in [0, 0.05) is 17.7 Å². The SMILES string of the molecule is Cc1ccccc1Cc1nc2c(s1)CCCC2=O. The molecule has 2 nitrogen and oxygen atoms in total. The fourth-order valence-electron chi connectivity index (χ4n) is 2.36. The molecule has 0 N–H and O–H groups in total. The zero-order valence-corrected chi connectivity index (χ0v) is 11.2. The van der Waals surface area contributed by atoms with Gasteiger partial charge in [-0.2, -0.15) is 0 Å². The van der Waals surface area contributed by atoms with Gasteiger partial charge in [-0.1, -0.05) is 24.3 Å². The lowest BCUT2D eigenvalue weighted by Gasteiger charge is -2.06. The molecule has 0 amide bonds. The van der Waals surface area contributed by atoms with Crippen LogP contribution in [0, 0.1) is 6.92 Å². The Hall–Kier alpha value is -1.48. The fourth-order valence-corrected chi connectivity index (χ4v) is 3.51. The molecule has 0 radical (unpaired) electrons. The van der Waals surface area contributed by atoms with Crippen molar-refractivity contribution in [3.63, 3.8) is 0 Å². The van der Waals surface area contributed by atoms with Crippen molar-refractivity contribution in [2.75, 3.05) is 0 Å². The molecule has 1 aromatic carbocycles. The highest BCUT2D eigenvalue weighted by Crippen LogP contribution is 2.28. The quantitative estimate of drug-likeness (QED) is 0.823. The Morgan fingerprint density at radius 3 is 2.89 bits per heavy atom. The van der Waals surface area contributed by atoms with E-state index in [0.717, 1.165) is 30.0 Å². The summed E-state index contributed by atoms with van der Waals surface area (Å²) in [5.74, 6) is 0.225. The minimum atomic E-state index is 0.225. The summed E-state index contributed by atoms with van der Waals surface area (Å²) in [6.07, 6.45) is 3.52. The van der Waals surface area contributed by atoms with E-state index in [1.807, 2.05) is 0 Å². The molecule has 92 valence electrons. The number of fused-ring (bicyclic) bond motifs is 1. The molecule has 1 heterocycles. The van der Waals surface area contributed by atoms with Crippen molar-refractivity contribution < 1.29 is 4.79 Å². The molecular weight excluding hydrogens is 242 g/mol. The Balaban J connectivity index is 1.90. The molecule has 2 aromatic rings. The summed E-state index contributed by atoms with van der Waals surface area (Å²) in [6.45, 7) is 2.12. The Morgan fingerprint density at radius 2 is 2.11 bits per heavy atom. The summed E-state index contributed by atoms with van der Waals surface area (Å²) in [7, 11) is 0. The van der Waals surface area contributed by atoms with Gasteiger partial charge in [-0.05, 0) is 30.9 Å². The predicted molar refractivity (Wildman–Crippen MR) is 73.4 cm³/mol. The third-order valence-corrected chi connectivity index (χ3v) is 4.53. The number of rotatable bonds is 2. The van der Waals surface area contributed by atoms with Crippen LogP contribution in [-0.4, -0.2) is 10.8 Å². The van der Waals surface area contributed by atoms with Gasteiger partial charge in [0.15, 0.2) is 5.78 Å². The Morgan fingerprint density at radius 1 is 1.28 bits per heavy atom. The normalized spacial score (nSPS) is 14.6. The number of hydrogen-bond acceptors (Lipinski definition) is 3. The van der Waals surface area contributed by atoms with Crippen LogP contribution in [0.2, 0.25) is 0 Å². The van der Waals surface area contributed by atoms with Gasteiger partial charge in [0.05, 0.1) is 5.01 Å². The number of nitrogens with zero attached hydrogens (tertiary/aromatic N) is 1. The van der Waals surface area contributed by atoms with E-state index >= 15 is 0 Å². The van der Waals surface area contributed by atoms with Crippen LogP contribution in [0.5, 0.6) is 0 Å². The maximum Gasteiger partial charge on any atom is 0.182 e. The summed E-state index contributed by atoms with van der Waals surface area (Å²) in [6, 6.07) is 8.36.